The Bertz CT molecular complexity index is 639. The van der Waals surface area contributed by atoms with E-state index in [4.69, 9.17) is 4.74 Å². The van der Waals surface area contributed by atoms with Crippen LogP contribution in [0, 0.1) is 0 Å². The van der Waals surface area contributed by atoms with E-state index in [2.05, 4.69) is 25.4 Å². The van der Waals surface area contributed by atoms with Crippen molar-refractivity contribution in [3.63, 3.8) is 0 Å². The molecule has 0 bridgehead atoms. The zero-order chi connectivity index (χ0) is 16.8. The summed E-state index contributed by atoms with van der Waals surface area (Å²) < 4.78 is 5.76. The molecule has 0 radical (unpaired) electrons. The number of nitrogens with one attached hydrogen (secondary N) is 1. The zero-order valence-electron chi connectivity index (χ0n) is 13.5. The van der Waals surface area contributed by atoms with Gasteiger partial charge in [-0.15, -0.1) is 16.4 Å². The highest BCUT2D eigenvalue weighted by molar-refractivity contribution is 7.13. The maximum atomic E-state index is 12.4. The molecule has 1 fully saturated rings. The Morgan fingerprint density at radius 1 is 1.54 bits per heavy atom. The van der Waals surface area contributed by atoms with Gasteiger partial charge in [-0.3, -0.25) is 14.6 Å². The van der Waals surface area contributed by atoms with Crippen molar-refractivity contribution < 1.29 is 9.53 Å². The summed E-state index contributed by atoms with van der Waals surface area (Å²) in [4.78, 5) is 20.3. The number of likely N-dealkylation sites (N-methyl/N-ethyl adjacent to an activating group) is 1. The summed E-state index contributed by atoms with van der Waals surface area (Å²) in [5.41, 5.74) is 0. The quantitative estimate of drug-likeness (QED) is 0.823. The van der Waals surface area contributed by atoms with Crippen LogP contribution >= 0.6 is 11.3 Å². The minimum absolute atomic E-state index is 0.0127. The molecule has 1 N–H and O–H groups in total. The van der Waals surface area contributed by atoms with Crippen molar-refractivity contribution in [3.05, 3.63) is 29.9 Å². The minimum Gasteiger partial charge on any atom is -0.374 e. The van der Waals surface area contributed by atoms with Gasteiger partial charge in [0, 0.05) is 44.5 Å². The van der Waals surface area contributed by atoms with Gasteiger partial charge < -0.3 is 10.1 Å². The zero-order valence-corrected chi connectivity index (χ0v) is 14.3. The lowest BCUT2D eigenvalue weighted by Gasteiger charge is -2.33. The Morgan fingerprint density at radius 3 is 3.21 bits per heavy atom. The number of nitrogens with zero attached hydrogens (tertiary/aromatic N) is 5. The van der Waals surface area contributed by atoms with E-state index < -0.39 is 0 Å². The number of hydrogen-bond acceptors (Lipinski definition) is 8. The number of anilines is 2. The largest absolute Gasteiger partial charge is 0.374 e. The Labute approximate surface area is 144 Å². The molecular formula is C15H20N6O2S. The summed E-state index contributed by atoms with van der Waals surface area (Å²) in [7, 11) is 1.76. The van der Waals surface area contributed by atoms with E-state index >= 15 is 0 Å². The fraction of sp³-hybridized carbons (Fsp3) is 0.467. The van der Waals surface area contributed by atoms with Gasteiger partial charge in [0.2, 0.25) is 5.91 Å². The predicted molar refractivity (Wildman–Crippen MR) is 92.2 cm³/mol. The van der Waals surface area contributed by atoms with Gasteiger partial charge in [-0.25, -0.2) is 4.98 Å². The maximum absolute atomic E-state index is 12.4. The van der Waals surface area contributed by atoms with Crippen LogP contribution in [0.4, 0.5) is 10.9 Å². The number of morpholine rings is 1. The third-order valence-electron chi connectivity index (χ3n) is 3.75. The molecule has 8 nitrogen and oxygen atoms in total. The van der Waals surface area contributed by atoms with Crippen molar-refractivity contribution in [1.29, 1.82) is 0 Å². The molecule has 128 valence electrons. The van der Waals surface area contributed by atoms with Gasteiger partial charge in [0.25, 0.3) is 0 Å². The molecular weight excluding hydrogens is 328 g/mol. The van der Waals surface area contributed by atoms with Crippen LogP contribution in [0.15, 0.2) is 29.9 Å². The number of hydrogen-bond donors (Lipinski definition) is 1. The molecule has 1 saturated heterocycles. The lowest BCUT2D eigenvalue weighted by molar-refractivity contribution is -0.121. The van der Waals surface area contributed by atoms with Gasteiger partial charge in [-0.1, -0.05) is 0 Å². The molecule has 3 heterocycles. The van der Waals surface area contributed by atoms with Crippen LogP contribution in [0.2, 0.25) is 0 Å². The van der Waals surface area contributed by atoms with E-state index in [0.29, 0.717) is 31.4 Å². The van der Waals surface area contributed by atoms with Crippen molar-refractivity contribution in [3.8, 4) is 0 Å². The molecule has 1 atom stereocenters. The van der Waals surface area contributed by atoms with Crippen LogP contribution in [0.3, 0.4) is 0 Å². The van der Waals surface area contributed by atoms with E-state index in [0.717, 1.165) is 12.4 Å². The number of ether oxygens (including phenoxy) is 1. The molecule has 0 spiro atoms. The highest BCUT2D eigenvalue weighted by Crippen LogP contribution is 2.16. The molecule has 24 heavy (non-hydrogen) atoms. The molecule has 9 heteroatoms. The van der Waals surface area contributed by atoms with Gasteiger partial charge >= 0.3 is 0 Å². The van der Waals surface area contributed by atoms with Crippen molar-refractivity contribution in [2.45, 2.75) is 6.10 Å². The number of carbonyl (C=O) groups excluding carboxylic acids is 1. The molecule has 0 aliphatic carbocycles. The van der Waals surface area contributed by atoms with Crippen LogP contribution < -0.4 is 10.2 Å². The predicted octanol–water partition coefficient (Wildman–Crippen LogP) is 0.709. The van der Waals surface area contributed by atoms with Gasteiger partial charge in [-0.05, 0) is 12.1 Å². The smallest absolute Gasteiger partial charge is 0.242 e. The molecule has 1 aliphatic rings. The van der Waals surface area contributed by atoms with Crippen molar-refractivity contribution in [2.24, 2.45) is 0 Å². The first-order valence-corrected chi connectivity index (χ1v) is 8.62. The lowest BCUT2D eigenvalue weighted by Crippen LogP contribution is -2.49. The van der Waals surface area contributed by atoms with Crippen LogP contribution in [0.25, 0.3) is 0 Å². The topological polar surface area (TPSA) is 83.5 Å². The number of thiazole rings is 1. The third-order valence-corrected chi connectivity index (χ3v) is 4.59. The number of carbonyl (C=O) groups is 1. The minimum atomic E-state index is 0.0127. The van der Waals surface area contributed by atoms with Crippen LogP contribution in [-0.4, -0.2) is 71.9 Å². The maximum Gasteiger partial charge on any atom is 0.242 e. The fourth-order valence-corrected chi connectivity index (χ4v) is 3.07. The fourth-order valence-electron chi connectivity index (χ4n) is 2.45. The molecule has 2 aromatic rings. The van der Waals surface area contributed by atoms with Gasteiger partial charge in [-0.2, -0.15) is 5.10 Å². The monoisotopic (exact) mass is 348 g/mol. The van der Waals surface area contributed by atoms with E-state index in [1.165, 1.54) is 11.3 Å². The number of aromatic nitrogens is 3. The van der Waals surface area contributed by atoms with Crippen LogP contribution in [-0.2, 0) is 9.53 Å². The summed E-state index contributed by atoms with van der Waals surface area (Å²) in [5, 5.41) is 13.6. The van der Waals surface area contributed by atoms with Crippen molar-refractivity contribution >= 4 is 28.2 Å². The molecule has 0 aromatic carbocycles. The SMILES string of the molecule is CN(C(=O)CN1CCO[C@@H](CNc2cccnn2)C1)c1nccs1. The Balaban J connectivity index is 1.47. The van der Waals surface area contributed by atoms with Gasteiger partial charge in [0.15, 0.2) is 5.13 Å². The van der Waals surface area contributed by atoms with Crippen LogP contribution in [0.1, 0.15) is 0 Å². The summed E-state index contributed by atoms with van der Waals surface area (Å²) >= 11 is 1.46. The average Bonchev–Trinajstić information content (AvgIpc) is 3.15. The first-order chi connectivity index (χ1) is 11.7. The van der Waals surface area contributed by atoms with E-state index in [1.54, 1.807) is 24.3 Å². The van der Waals surface area contributed by atoms with Gasteiger partial charge in [0.1, 0.15) is 5.82 Å². The first kappa shape index (κ1) is 16.7. The Morgan fingerprint density at radius 2 is 2.46 bits per heavy atom. The summed E-state index contributed by atoms with van der Waals surface area (Å²) in [5.74, 6) is 0.755. The van der Waals surface area contributed by atoms with E-state index in [1.807, 2.05) is 17.5 Å². The first-order valence-electron chi connectivity index (χ1n) is 7.74. The number of rotatable bonds is 6. The molecule has 1 aliphatic heterocycles. The summed E-state index contributed by atoms with van der Waals surface area (Å²) in [6.07, 6.45) is 3.35. The summed E-state index contributed by atoms with van der Waals surface area (Å²) in [6.45, 7) is 3.05. The normalized spacial score (nSPS) is 18.3. The Kier molecular flexibility index (Phi) is 5.68. The average molecular weight is 348 g/mol. The van der Waals surface area contributed by atoms with E-state index in [9.17, 15) is 4.79 Å². The number of amides is 1. The highest BCUT2D eigenvalue weighted by atomic mass is 32.1. The van der Waals surface area contributed by atoms with E-state index in [-0.39, 0.29) is 12.0 Å². The molecule has 0 unspecified atom stereocenters. The second kappa shape index (κ2) is 8.13. The second-order valence-corrected chi connectivity index (χ2v) is 6.36. The third kappa shape index (κ3) is 4.47. The summed E-state index contributed by atoms with van der Waals surface area (Å²) in [6, 6.07) is 3.69. The molecule has 0 saturated carbocycles. The molecule has 3 rings (SSSR count). The lowest BCUT2D eigenvalue weighted by atomic mass is 10.2. The Hall–Kier alpha value is -2.10. The van der Waals surface area contributed by atoms with Crippen LogP contribution in [0.5, 0.6) is 0 Å². The molecule has 1 amide bonds. The standard InChI is InChI=1S/C15H20N6O2S/c1-20(15-16-5-8-24-15)14(22)11-21-6-7-23-12(10-21)9-17-13-3-2-4-18-19-13/h2-5,8,12H,6-7,9-11H2,1H3,(H,17,19)/t12-/m0/s1. The van der Waals surface area contributed by atoms with Crippen molar-refractivity contribution in [1.82, 2.24) is 20.1 Å². The molecule has 2 aromatic heterocycles. The highest BCUT2D eigenvalue weighted by Gasteiger charge is 2.24. The van der Waals surface area contributed by atoms with Crippen molar-refractivity contribution in [2.75, 3.05) is 50.1 Å². The second-order valence-electron chi connectivity index (χ2n) is 5.49. The van der Waals surface area contributed by atoms with Gasteiger partial charge in [0.05, 0.1) is 19.3 Å².